The number of thiazole rings is 1. The Morgan fingerprint density at radius 1 is 1.00 bits per heavy atom. The first-order chi connectivity index (χ1) is 16.8. The Bertz CT molecular complexity index is 1570. The third-order valence-corrected chi connectivity index (χ3v) is 7.58. The Balaban J connectivity index is 1.24. The molecule has 0 amide bonds. The second-order valence-corrected chi connectivity index (χ2v) is 10.8. The SMILES string of the molecule is Cc1nc(NS(=O)(=O)Cc2ccc(Nc3nccc(Nc4cccc5[nH]ncc45)n3)cc2)sc1C. The van der Waals surface area contributed by atoms with Gasteiger partial charge in [0.05, 0.1) is 28.8 Å². The summed E-state index contributed by atoms with van der Waals surface area (Å²) in [6, 6.07) is 14.7. The monoisotopic (exact) mass is 506 g/mol. The predicted molar refractivity (Wildman–Crippen MR) is 139 cm³/mol. The van der Waals surface area contributed by atoms with E-state index in [4.69, 9.17) is 0 Å². The summed E-state index contributed by atoms with van der Waals surface area (Å²) in [5.74, 6) is 0.879. The highest BCUT2D eigenvalue weighted by Gasteiger charge is 2.15. The summed E-state index contributed by atoms with van der Waals surface area (Å²) in [7, 11) is -3.57. The lowest BCUT2D eigenvalue weighted by molar-refractivity contribution is 0.600. The molecule has 10 nitrogen and oxygen atoms in total. The van der Waals surface area contributed by atoms with Crippen molar-refractivity contribution in [3.8, 4) is 0 Å². The van der Waals surface area contributed by atoms with E-state index >= 15 is 0 Å². The van der Waals surface area contributed by atoms with Gasteiger partial charge in [0.15, 0.2) is 5.13 Å². The van der Waals surface area contributed by atoms with Gasteiger partial charge in [-0.1, -0.05) is 18.2 Å². The highest BCUT2D eigenvalue weighted by atomic mass is 32.2. The molecule has 0 spiro atoms. The van der Waals surface area contributed by atoms with E-state index in [2.05, 4.69) is 40.5 Å². The first-order valence-electron chi connectivity index (χ1n) is 10.7. The zero-order chi connectivity index (χ0) is 24.4. The molecule has 0 aliphatic heterocycles. The molecule has 5 rings (SSSR count). The van der Waals surface area contributed by atoms with Crippen molar-refractivity contribution in [3.05, 3.63) is 77.1 Å². The number of hydrogen-bond donors (Lipinski definition) is 4. The Hall–Kier alpha value is -4.03. The van der Waals surface area contributed by atoms with Gasteiger partial charge in [-0.2, -0.15) is 10.1 Å². The number of benzene rings is 2. The molecule has 5 aromatic rings. The summed E-state index contributed by atoms with van der Waals surface area (Å²) in [4.78, 5) is 14.0. The number of nitrogens with one attached hydrogen (secondary N) is 4. The van der Waals surface area contributed by atoms with Gasteiger partial charge in [-0.05, 0) is 49.7 Å². The molecule has 0 aliphatic carbocycles. The summed E-state index contributed by atoms with van der Waals surface area (Å²) in [6.45, 7) is 3.76. The van der Waals surface area contributed by atoms with E-state index in [1.165, 1.54) is 11.3 Å². The predicted octanol–water partition coefficient (Wildman–Crippen LogP) is 4.86. The summed E-state index contributed by atoms with van der Waals surface area (Å²) in [5, 5.41) is 14.8. The van der Waals surface area contributed by atoms with E-state index in [0.29, 0.717) is 22.5 Å². The van der Waals surface area contributed by atoms with Crippen molar-refractivity contribution < 1.29 is 8.42 Å². The normalized spacial score (nSPS) is 11.5. The molecule has 2 aromatic carbocycles. The lowest BCUT2D eigenvalue weighted by atomic mass is 10.2. The van der Waals surface area contributed by atoms with Gasteiger partial charge >= 0.3 is 0 Å². The lowest BCUT2D eigenvalue weighted by Gasteiger charge is -2.10. The van der Waals surface area contributed by atoms with Gasteiger partial charge < -0.3 is 10.6 Å². The smallest absolute Gasteiger partial charge is 0.238 e. The minimum atomic E-state index is -3.57. The molecule has 178 valence electrons. The highest BCUT2D eigenvalue weighted by molar-refractivity contribution is 7.92. The lowest BCUT2D eigenvalue weighted by Crippen LogP contribution is -2.15. The maximum absolute atomic E-state index is 12.5. The van der Waals surface area contributed by atoms with Gasteiger partial charge in [0.1, 0.15) is 5.82 Å². The number of sulfonamides is 1. The molecule has 35 heavy (non-hydrogen) atoms. The molecule has 3 heterocycles. The summed E-state index contributed by atoms with van der Waals surface area (Å²) in [6.07, 6.45) is 3.41. The number of fused-ring (bicyclic) bond motifs is 1. The maximum atomic E-state index is 12.5. The van der Waals surface area contributed by atoms with Crippen LogP contribution in [0.1, 0.15) is 16.1 Å². The second kappa shape index (κ2) is 9.31. The van der Waals surface area contributed by atoms with Crippen molar-refractivity contribution in [2.45, 2.75) is 19.6 Å². The van der Waals surface area contributed by atoms with Crippen molar-refractivity contribution in [3.63, 3.8) is 0 Å². The third kappa shape index (κ3) is 5.39. The largest absolute Gasteiger partial charge is 0.339 e. The Morgan fingerprint density at radius 2 is 1.83 bits per heavy atom. The van der Waals surface area contributed by atoms with E-state index in [9.17, 15) is 8.42 Å². The summed E-state index contributed by atoms with van der Waals surface area (Å²) >= 11 is 1.32. The zero-order valence-corrected chi connectivity index (χ0v) is 20.5. The van der Waals surface area contributed by atoms with Crippen LogP contribution >= 0.6 is 11.3 Å². The molecule has 0 saturated carbocycles. The number of rotatable bonds is 8. The van der Waals surface area contributed by atoms with E-state index in [1.807, 2.05) is 32.0 Å². The van der Waals surface area contributed by atoms with Gasteiger partial charge in [-0.25, -0.2) is 18.4 Å². The molecular formula is C23H22N8O2S2. The molecule has 12 heteroatoms. The van der Waals surface area contributed by atoms with Crippen LogP contribution in [0.25, 0.3) is 10.9 Å². The van der Waals surface area contributed by atoms with Gasteiger partial charge in [0.2, 0.25) is 16.0 Å². The molecule has 0 atom stereocenters. The quantitative estimate of drug-likeness (QED) is 0.234. The highest BCUT2D eigenvalue weighted by Crippen LogP contribution is 2.25. The molecule has 3 aromatic heterocycles. The number of aryl methyl sites for hydroxylation is 2. The van der Waals surface area contributed by atoms with Gasteiger partial charge in [0, 0.05) is 22.1 Å². The molecule has 0 saturated heterocycles. The first kappa shape index (κ1) is 22.7. The van der Waals surface area contributed by atoms with Crippen molar-refractivity contribution in [1.82, 2.24) is 25.1 Å². The molecular weight excluding hydrogens is 484 g/mol. The van der Waals surface area contributed by atoms with Crippen LogP contribution in [0.4, 0.5) is 28.3 Å². The fraction of sp³-hybridized carbons (Fsp3) is 0.130. The van der Waals surface area contributed by atoms with E-state index in [1.54, 1.807) is 42.7 Å². The molecule has 0 radical (unpaired) electrons. The zero-order valence-electron chi connectivity index (χ0n) is 18.9. The number of aromatic nitrogens is 5. The number of hydrogen-bond acceptors (Lipinski definition) is 9. The van der Waals surface area contributed by atoms with E-state index < -0.39 is 10.0 Å². The minimum Gasteiger partial charge on any atom is -0.339 e. The standard InChI is InChI=1S/C23H22N8O2S2/c1-14-15(2)34-23(26-14)31-35(32,33)13-16-6-8-17(9-7-16)27-22-24-11-10-21(29-22)28-19-4-3-5-20-18(19)12-25-30-20/h3-12H,13H2,1-2H3,(H,25,30)(H,26,31)(H2,24,27,28,29). The number of anilines is 5. The Labute approximate surface area is 205 Å². The fourth-order valence-corrected chi connectivity index (χ4v) is 5.65. The van der Waals surface area contributed by atoms with Crippen molar-refractivity contribution in [2.75, 3.05) is 15.4 Å². The molecule has 0 bridgehead atoms. The minimum absolute atomic E-state index is 0.152. The maximum Gasteiger partial charge on any atom is 0.238 e. The van der Waals surface area contributed by atoms with E-state index in [-0.39, 0.29) is 5.75 Å². The third-order valence-electron chi connectivity index (χ3n) is 5.24. The number of H-pyrrole nitrogens is 1. The van der Waals surface area contributed by atoms with Crippen LogP contribution in [0.5, 0.6) is 0 Å². The second-order valence-electron chi connectivity index (χ2n) is 7.87. The molecule has 4 N–H and O–H groups in total. The number of nitrogens with zero attached hydrogens (tertiary/aromatic N) is 4. The fourth-order valence-electron chi connectivity index (χ4n) is 3.42. The van der Waals surface area contributed by atoms with Crippen LogP contribution in [0.2, 0.25) is 0 Å². The van der Waals surface area contributed by atoms with Crippen LogP contribution < -0.4 is 15.4 Å². The van der Waals surface area contributed by atoms with Crippen LogP contribution in [0, 0.1) is 13.8 Å². The molecule has 0 unspecified atom stereocenters. The average molecular weight is 507 g/mol. The van der Waals surface area contributed by atoms with E-state index in [0.717, 1.165) is 32.8 Å². The molecule has 0 fully saturated rings. The van der Waals surface area contributed by atoms with Gasteiger partial charge in [-0.15, -0.1) is 11.3 Å². The van der Waals surface area contributed by atoms with Gasteiger partial charge in [-0.3, -0.25) is 9.82 Å². The first-order valence-corrected chi connectivity index (χ1v) is 13.1. The Kier molecular flexibility index (Phi) is 6.05. The van der Waals surface area contributed by atoms with Gasteiger partial charge in [0.25, 0.3) is 0 Å². The van der Waals surface area contributed by atoms with Crippen molar-refractivity contribution in [2.24, 2.45) is 0 Å². The summed E-state index contributed by atoms with van der Waals surface area (Å²) < 4.78 is 27.6. The van der Waals surface area contributed by atoms with Crippen LogP contribution in [0.15, 0.2) is 60.9 Å². The topological polar surface area (TPSA) is 138 Å². The number of aromatic amines is 1. The van der Waals surface area contributed by atoms with Crippen LogP contribution in [-0.4, -0.2) is 33.6 Å². The van der Waals surface area contributed by atoms with Crippen LogP contribution in [-0.2, 0) is 15.8 Å². The average Bonchev–Trinajstić information content (AvgIpc) is 3.41. The Morgan fingerprint density at radius 3 is 2.60 bits per heavy atom. The van der Waals surface area contributed by atoms with Crippen LogP contribution in [0.3, 0.4) is 0 Å². The van der Waals surface area contributed by atoms with Crippen molar-refractivity contribution >= 4 is 60.5 Å². The summed E-state index contributed by atoms with van der Waals surface area (Å²) in [5.41, 5.74) is 4.01. The molecule has 0 aliphatic rings. The van der Waals surface area contributed by atoms with Crippen molar-refractivity contribution in [1.29, 1.82) is 0 Å².